The van der Waals surface area contributed by atoms with Gasteiger partial charge in [-0.3, -0.25) is 0 Å². The molecular formula is C6H12O2S2. The van der Waals surface area contributed by atoms with Gasteiger partial charge in [-0.25, -0.2) is 4.21 Å². The zero-order chi connectivity index (χ0) is 8.04. The van der Waals surface area contributed by atoms with Crippen LogP contribution in [0.3, 0.4) is 0 Å². The third kappa shape index (κ3) is 4.76. The van der Waals surface area contributed by atoms with Gasteiger partial charge in [-0.05, 0) is 13.3 Å². The van der Waals surface area contributed by atoms with Gasteiger partial charge >= 0.3 is 0 Å². The Bertz CT molecular complexity index is 192. The zero-order valence-electron chi connectivity index (χ0n) is 6.20. The normalized spacial score (nSPS) is 17.0. The van der Waals surface area contributed by atoms with Gasteiger partial charge in [0.05, 0.1) is 12.0 Å². The predicted molar refractivity (Wildman–Crippen MR) is 46.6 cm³/mol. The van der Waals surface area contributed by atoms with Crippen molar-refractivity contribution in [2.45, 2.75) is 20.3 Å². The first-order valence-electron chi connectivity index (χ1n) is 3.14. The highest BCUT2D eigenvalue weighted by Gasteiger charge is 2.00. The van der Waals surface area contributed by atoms with Crippen LogP contribution in [-0.2, 0) is 24.1 Å². The van der Waals surface area contributed by atoms with Crippen LogP contribution in [0.25, 0.3) is 0 Å². The molecule has 0 fully saturated rings. The lowest BCUT2D eigenvalue weighted by Gasteiger charge is -2.01. The van der Waals surface area contributed by atoms with Crippen LogP contribution in [0, 0.1) is 0 Å². The predicted octanol–water partition coefficient (Wildman–Crippen LogP) is 1.61. The van der Waals surface area contributed by atoms with Gasteiger partial charge in [0.2, 0.25) is 0 Å². The second kappa shape index (κ2) is 4.68. The maximum atomic E-state index is 11.1. The summed E-state index contributed by atoms with van der Waals surface area (Å²) in [7, 11) is -2.45. The van der Waals surface area contributed by atoms with E-state index in [4.69, 9.17) is 4.18 Å². The Balaban J connectivity index is 3.89. The van der Waals surface area contributed by atoms with Gasteiger partial charge in [0, 0.05) is 11.2 Å². The molecule has 0 amide bonds. The van der Waals surface area contributed by atoms with Crippen molar-refractivity contribution in [2.24, 2.45) is 0 Å². The fourth-order valence-corrected chi connectivity index (χ4v) is 1.95. The molecule has 0 aliphatic rings. The van der Waals surface area contributed by atoms with Crippen molar-refractivity contribution in [1.29, 1.82) is 0 Å². The molecule has 0 aromatic heterocycles. The summed E-state index contributed by atoms with van der Waals surface area (Å²) < 4.78 is 15.9. The van der Waals surface area contributed by atoms with Gasteiger partial charge in [-0.2, -0.15) is 0 Å². The summed E-state index contributed by atoms with van der Waals surface area (Å²) >= 11 is 4.66. The molecule has 0 aliphatic carbocycles. The minimum Gasteiger partial charge on any atom is -0.409 e. The van der Waals surface area contributed by atoms with Crippen LogP contribution in [0.2, 0.25) is 0 Å². The minimum absolute atomic E-state index is 0.451. The monoisotopic (exact) mass is 180 g/mol. The van der Waals surface area contributed by atoms with Gasteiger partial charge in [-0.15, -0.1) is 0 Å². The molecule has 0 aromatic rings. The van der Waals surface area contributed by atoms with E-state index in [-0.39, 0.29) is 0 Å². The van der Waals surface area contributed by atoms with E-state index in [9.17, 15) is 4.21 Å². The highest BCUT2D eigenvalue weighted by Crippen LogP contribution is 1.96. The quantitative estimate of drug-likeness (QED) is 0.615. The van der Waals surface area contributed by atoms with E-state index in [1.165, 1.54) is 6.26 Å². The number of allylic oxidation sites excluding steroid dienone is 1. The molecule has 0 aromatic carbocycles. The molecule has 0 heterocycles. The molecule has 0 radical (unpaired) electrons. The first kappa shape index (κ1) is 9.91. The summed E-state index contributed by atoms with van der Waals surface area (Å²) in [6, 6.07) is 0. The van der Waals surface area contributed by atoms with Crippen LogP contribution in [0.5, 0.6) is 0 Å². The van der Waals surface area contributed by atoms with E-state index in [0.29, 0.717) is 5.75 Å². The summed E-state index contributed by atoms with van der Waals surface area (Å²) in [5.74, 6) is 0.451. The first-order valence-corrected chi connectivity index (χ1v) is 5.72. The van der Waals surface area contributed by atoms with E-state index < -0.39 is 8.77 Å². The van der Waals surface area contributed by atoms with Crippen LogP contribution in [0.4, 0.5) is 0 Å². The van der Waals surface area contributed by atoms with E-state index >= 15 is 0 Å². The Morgan fingerprint density at radius 1 is 1.70 bits per heavy atom. The van der Waals surface area contributed by atoms with Crippen LogP contribution in [0.15, 0.2) is 12.3 Å². The maximum absolute atomic E-state index is 11.1. The second-order valence-corrected chi connectivity index (χ2v) is 5.07. The van der Waals surface area contributed by atoms with Crippen LogP contribution < -0.4 is 0 Å². The van der Waals surface area contributed by atoms with E-state index in [1.54, 1.807) is 13.0 Å². The second-order valence-electron chi connectivity index (χ2n) is 1.83. The van der Waals surface area contributed by atoms with Crippen molar-refractivity contribution in [3.63, 3.8) is 0 Å². The summed E-state index contributed by atoms with van der Waals surface area (Å²) in [6.45, 7) is 3.71. The van der Waals surface area contributed by atoms with Crippen LogP contribution in [0.1, 0.15) is 20.3 Å². The summed E-state index contributed by atoms with van der Waals surface area (Å²) in [4.78, 5) is 0. The molecule has 0 saturated carbocycles. The summed E-state index contributed by atoms with van der Waals surface area (Å²) in [5, 5.41) is 0. The van der Waals surface area contributed by atoms with E-state index in [2.05, 4.69) is 11.2 Å². The zero-order valence-corrected chi connectivity index (χ0v) is 7.83. The molecule has 0 rings (SSSR count). The third-order valence-corrected chi connectivity index (χ3v) is 2.84. The van der Waals surface area contributed by atoms with Crippen molar-refractivity contribution >= 4 is 20.0 Å². The molecule has 0 spiro atoms. The first-order chi connectivity index (χ1) is 4.62. The number of hydrogen-bond donors (Lipinski definition) is 0. The third-order valence-electron chi connectivity index (χ3n) is 0.792. The van der Waals surface area contributed by atoms with Gasteiger partial charge in [-0.1, -0.05) is 13.0 Å². The lowest BCUT2D eigenvalue weighted by Crippen LogP contribution is -2.03. The molecule has 1 atom stereocenters. The van der Waals surface area contributed by atoms with Crippen LogP contribution in [-0.4, -0.2) is 9.96 Å². The minimum atomic E-state index is -2.45. The molecular weight excluding hydrogens is 168 g/mol. The molecule has 0 aliphatic heterocycles. The summed E-state index contributed by atoms with van der Waals surface area (Å²) in [6.07, 6.45) is 3.84. The lowest BCUT2D eigenvalue weighted by molar-refractivity contribution is 0.501. The number of rotatable bonds is 4. The molecule has 10 heavy (non-hydrogen) atoms. The summed E-state index contributed by atoms with van der Waals surface area (Å²) in [5.41, 5.74) is 0. The Morgan fingerprint density at radius 3 is 2.70 bits per heavy atom. The molecule has 0 bridgehead atoms. The highest BCUT2D eigenvalue weighted by molar-refractivity contribution is 8.30. The Labute approximate surface area is 67.1 Å². The average molecular weight is 180 g/mol. The SMILES string of the molecule is CC=COS(=O)(=S)CCC. The molecule has 60 valence electrons. The van der Waals surface area contributed by atoms with Crippen molar-refractivity contribution in [3.05, 3.63) is 12.3 Å². The molecule has 0 N–H and O–H groups in total. The molecule has 1 unspecified atom stereocenters. The van der Waals surface area contributed by atoms with E-state index in [1.807, 2.05) is 6.92 Å². The fourth-order valence-electron chi connectivity index (χ4n) is 0.438. The van der Waals surface area contributed by atoms with E-state index in [0.717, 1.165) is 6.42 Å². The highest BCUT2D eigenvalue weighted by atomic mass is 32.8. The Hall–Kier alpha value is -0.0900. The van der Waals surface area contributed by atoms with Crippen LogP contribution >= 0.6 is 0 Å². The van der Waals surface area contributed by atoms with Gasteiger partial charge in [0.25, 0.3) is 0 Å². The van der Waals surface area contributed by atoms with Gasteiger partial charge < -0.3 is 4.18 Å². The Kier molecular flexibility index (Phi) is 4.64. The largest absolute Gasteiger partial charge is 0.409 e. The maximum Gasteiger partial charge on any atom is 0.185 e. The van der Waals surface area contributed by atoms with Crippen molar-refractivity contribution in [3.8, 4) is 0 Å². The lowest BCUT2D eigenvalue weighted by atomic mass is 10.6. The standard InChI is InChI=1S/C6H12O2S2/c1-3-5-8-10(7,9)6-4-2/h3,5H,4,6H2,1-2H3. The van der Waals surface area contributed by atoms with Gasteiger partial charge in [0.1, 0.15) is 0 Å². The smallest absolute Gasteiger partial charge is 0.185 e. The van der Waals surface area contributed by atoms with Crippen molar-refractivity contribution in [2.75, 3.05) is 5.75 Å². The molecule has 2 nitrogen and oxygen atoms in total. The van der Waals surface area contributed by atoms with Crippen molar-refractivity contribution in [1.82, 2.24) is 0 Å². The number of hydrogen-bond acceptors (Lipinski definition) is 3. The topological polar surface area (TPSA) is 26.3 Å². The molecule has 4 heteroatoms. The van der Waals surface area contributed by atoms with Crippen molar-refractivity contribution < 1.29 is 8.39 Å². The Morgan fingerprint density at radius 2 is 2.30 bits per heavy atom. The fraction of sp³-hybridized carbons (Fsp3) is 0.667. The van der Waals surface area contributed by atoms with Gasteiger partial charge in [0.15, 0.2) is 8.77 Å². The molecule has 0 saturated heterocycles. The average Bonchev–Trinajstić information content (AvgIpc) is 1.84.